The lowest BCUT2D eigenvalue weighted by molar-refractivity contribution is 0.383. The van der Waals surface area contributed by atoms with Gasteiger partial charge in [0.2, 0.25) is 10.0 Å². The first-order valence-corrected chi connectivity index (χ1v) is 12.1. The molecule has 7 heteroatoms. The number of anilines is 1. The maximum absolute atomic E-state index is 13.2. The van der Waals surface area contributed by atoms with Crippen molar-refractivity contribution in [1.29, 1.82) is 0 Å². The lowest BCUT2D eigenvalue weighted by Crippen LogP contribution is -2.49. The van der Waals surface area contributed by atoms with Crippen LogP contribution in [0.15, 0.2) is 83.8 Å². The summed E-state index contributed by atoms with van der Waals surface area (Å²) in [5, 5.41) is 10.8. The zero-order chi connectivity index (χ0) is 22.1. The van der Waals surface area contributed by atoms with E-state index in [-0.39, 0.29) is 0 Å². The van der Waals surface area contributed by atoms with Crippen molar-refractivity contribution in [2.75, 3.05) is 31.1 Å². The molecule has 1 aliphatic heterocycles. The van der Waals surface area contributed by atoms with E-state index in [0.29, 0.717) is 31.1 Å². The zero-order valence-electron chi connectivity index (χ0n) is 17.8. The summed E-state index contributed by atoms with van der Waals surface area (Å²) >= 11 is 0. The van der Waals surface area contributed by atoms with Gasteiger partial charge < -0.3 is 4.90 Å². The van der Waals surface area contributed by atoms with Gasteiger partial charge in [-0.05, 0) is 47.5 Å². The Balaban J connectivity index is 1.29. The molecule has 0 bridgehead atoms. The lowest BCUT2D eigenvalue weighted by Gasteiger charge is -2.34. The first kappa shape index (κ1) is 20.6. The van der Waals surface area contributed by atoms with Crippen molar-refractivity contribution in [2.24, 2.45) is 0 Å². The van der Waals surface area contributed by atoms with Crippen molar-refractivity contribution >= 4 is 26.6 Å². The largest absolute Gasteiger partial charge is 0.352 e. The Labute approximate surface area is 188 Å². The minimum atomic E-state index is -3.54. The van der Waals surface area contributed by atoms with Crippen molar-refractivity contribution in [3.8, 4) is 11.3 Å². The SMILES string of the molecule is Cc1ccccc1-c1ccc(N2CCN(S(=O)(=O)c3ccc4ccccc4c3)CC2)nn1. The van der Waals surface area contributed by atoms with Gasteiger partial charge in [0.25, 0.3) is 0 Å². The first-order chi connectivity index (χ1) is 15.5. The highest BCUT2D eigenvalue weighted by Gasteiger charge is 2.29. The number of sulfonamides is 1. The van der Waals surface area contributed by atoms with Crippen LogP contribution in [0.5, 0.6) is 0 Å². The summed E-state index contributed by atoms with van der Waals surface area (Å²) in [7, 11) is -3.54. The number of hydrogen-bond donors (Lipinski definition) is 0. The predicted octanol–water partition coefficient (Wildman–Crippen LogP) is 4.12. The van der Waals surface area contributed by atoms with Crippen LogP contribution in [0.4, 0.5) is 5.82 Å². The van der Waals surface area contributed by atoms with Gasteiger partial charge in [0.05, 0.1) is 10.6 Å². The molecular formula is C25H24N4O2S. The fraction of sp³-hybridized carbons (Fsp3) is 0.200. The van der Waals surface area contributed by atoms with Crippen LogP contribution in [0.3, 0.4) is 0 Å². The number of fused-ring (bicyclic) bond motifs is 1. The van der Waals surface area contributed by atoms with Crippen molar-refractivity contribution in [2.45, 2.75) is 11.8 Å². The Bertz CT molecular complexity index is 1360. The van der Waals surface area contributed by atoms with Crippen molar-refractivity contribution in [1.82, 2.24) is 14.5 Å². The summed E-state index contributed by atoms with van der Waals surface area (Å²) < 4.78 is 27.9. The number of piperazine rings is 1. The predicted molar refractivity (Wildman–Crippen MR) is 127 cm³/mol. The number of benzene rings is 3. The standard InChI is InChI=1S/C25H24N4O2S/c1-19-6-2-5-9-23(19)24-12-13-25(27-26-24)28-14-16-29(17-15-28)32(30,31)22-11-10-20-7-3-4-8-21(20)18-22/h2-13,18H,14-17H2,1H3. The van der Waals surface area contributed by atoms with Gasteiger partial charge in [0.15, 0.2) is 5.82 Å². The molecule has 0 amide bonds. The second-order valence-electron chi connectivity index (χ2n) is 7.99. The topological polar surface area (TPSA) is 66.4 Å². The maximum atomic E-state index is 13.2. The van der Waals surface area contributed by atoms with Crippen LogP contribution in [0.2, 0.25) is 0 Å². The van der Waals surface area contributed by atoms with Gasteiger partial charge in [0, 0.05) is 31.7 Å². The molecule has 0 saturated carbocycles. The highest BCUT2D eigenvalue weighted by Crippen LogP contribution is 2.25. The number of aryl methyl sites for hydroxylation is 1. The van der Waals surface area contributed by atoms with Crippen LogP contribution < -0.4 is 4.90 Å². The first-order valence-electron chi connectivity index (χ1n) is 10.7. The zero-order valence-corrected chi connectivity index (χ0v) is 18.7. The Morgan fingerprint density at radius 1 is 0.750 bits per heavy atom. The highest BCUT2D eigenvalue weighted by atomic mass is 32.2. The normalized spacial score (nSPS) is 15.2. The van der Waals surface area contributed by atoms with E-state index in [1.54, 1.807) is 16.4 Å². The molecule has 5 rings (SSSR count). The third kappa shape index (κ3) is 3.85. The molecule has 2 heterocycles. The second-order valence-corrected chi connectivity index (χ2v) is 9.93. The maximum Gasteiger partial charge on any atom is 0.243 e. The molecule has 3 aromatic carbocycles. The van der Waals surface area contributed by atoms with Crippen molar-refractivity contribution in [3.05, 3.63) is 84.4 Å². The van der Waals surface area contributed by atoms with Crippen LogP contribution in [0, 0.1) is 6.92 Å². The lowest BCUT2D eigenvalue weighted by atomic mass is 10.1. The summed E-state index contributed by atoms with van der Waals surface area (Å²) in [5.74, 6) is 0.769. The molecule has 1 saturated heterocycles. The number of nitrogens with zero attached hydrogens (tertiary/aromatic N) is 4. The molecule has 162 valence electrons. The van der Waals surface area contributed by atoms with Gasteiger partial charge in [-0.25, -0.2) is 8.42 Å². The summed E-state index contributed by atoms with van der Waals surface area (Å²) in [6.07, 6.45) is 0. The van der Waals surface area contributed by atoms with Crippen LogP contribution in [-0.2, 0) is 10.0 Å². The minimum absolute atomic E-state index is 0.340. The summed E-state index contributed by atoms with van der Waals surface area (Å²) in [6, 6.07) is 25.1. The third-order valence-electron chi connectivity index (χ3n) is 5.99. The molecule has 0 spiro atoms. The monoisotopic (exact) mass is 444 g/mol. The molecule has 0 unspecified atom stereocenters. The van der Waals surface area contributed by atoms with E-state index in [4.69, 9.17) is 0 Å². The van der Waals surface area contributed by atoms with E-state index in [1.807, 2.05) is 60.7 Å². The van der Waals surface area contributed by atoms with E-state index in [0.717, 1.165) is 33.4 Å². The Morgan fingerprint density at radius 2 is 1.47 bits per heavy atom. The van der Waals surface area contributed by atoms with E-state index in [9.17, 15) is 8.42 Å². The molecule has 1 aromatic heterocycles. The molecule has 6 nitrogen and oxygen atoms in total. The van der Waals surface area contributed by atoms with E-state index in [2.05, 4.69) is 28.1 Å². The van der Waals surface area contributed by atoms with Crippen LogP contribution >= 0.6 is 0 Å². The molecule has 1 aliphatic rings. The third-order valence-corrected chi connectivity index (χ3v) is 7.89. The molecule has 0 radical (unpaired) electrons. The fourth-order valence-corrected chi connectivity index (χ4v) is 5.59. The Kier molecular flexibility index (Phi) is 5.36. The fourth-order valence-electron chi connectivity index (χ4n) is 4.13. The van der Waals surface area contributed by atoms with Gasteiger partial charge in [-0.15, -0.1) is 10.2 Å². The van der Waals surface area contributed by atoms with E-state index >= 15 is 0 Å². The quantitative estimate of drug-likeness (QED) is 0.474. The van der Waals surface area contributed by atoms with E-state index < -0.39 is 10.0 Å². The average molecular weight is 445 g/mol. The molecular weight excluding hydrogens is 420 g/mol. The van der Waals surface area contributed by atoms with Crippen LogP contribution in [0.1, 0.15) is 5.56 Å². The summed E-state index contributed by atoms with van der Waals surface area (Å²) in [5.41, 5.74) is 3.06. The van der Waals surface area contributed by atoms with E-state index in [1.165, 1.54) is 0 Å². The number of hydrogen-bond acceptors (Lipinski definition) is 5. The molecule has 0 N–H and O–H groups in total. The molecule has 32 heavy (non-hydrogen) atoms. The van der Waals surface area contributed by atoms with Gasteiger partial charge in [-0.1, -0.05) is 54.6 Å². The average Bonchev–Trinajstić information content (AvgIpc) is 2.84. The van der Waals surface area contributed by atoms with Crippen LogP contribution in [0.25, 0.3) is 22.0 Å². The van der Waals surface area contributed by atoms with Crippen molar-refractivity contribution < 1.29 is 8.42 Å². The number of rotatable bonds is 4. The Morgan fingerprint density at radius 3 is 2.19 bits per heavy atom. The van der Waals surface area contributed by atoms with Gasteiger partial charge >= 0.3 is 0 Å². The van der Waals surface area contributed by atoms with Gasteiger partial charge in [0.1, 0.15) is 0 Å². The minimum Gasteiger partial charge on any atom is -0.352 e. The second kappa shape index (κ2) is 8.33. The summed E-state index contributed by atoms with van der Waals surface area (Å²) in [6.45, 7) is 4.03. The molecule has 0 aliphatic carbocycles. The smallest absolute Gasteiger partial charge is 0.243 e. The molecule has 4 aromatic rings. The highest BCUT2D eigenvalue weighted by molar-refractivity contribution is 7.89. The molecule has 1 fully saturated rings. The number of aromatic nitrogens is 2. The van der Waals surface area contributed by atoms with Crippen LogP contribution in [-0.4, -0.2) is 49.1 Å². The molecule has 0 atom stereocenters. The Hall–Kier alpha value is -3.29. The van der Waals surface area contributed by atoms with Gasteiger partial charge in [-0.2, -0.15) is 4.31 Å². The van der Waals surface area contributed by atoms with Crippen molar-refractivity contribution in [3.63, 3.8) is 0 Å². The summed E-state index contributed by atoms with van der Waals surface area (Å²) in [4.78, 5) is 2.42. The van der Waals surface area contributed by atoms with Gasteiger partial charge in [-0.3, -0.25) is 0 Å².